The van der Waals surface area contributed by atoms with Crippen LogP contribution in [-0.2, 0) is 13.0 Å². The van der Waals surface area contributed by atoms with E-state index in [1.165, 1.54) is 19.3 Å². The number of Topliss-reactive ketones (excluding diaryl/α,β-unsaturated/α-hetero) is 1. The molecule has 1 aromatic carbocycles. The number of benzene rings is 1. The summed E-state index contributed by atoms with van der Waals surface area (Å²) in [5.74, 6) is 0.234. The number of unbranched alkanes of at least 4 members (excludes halogenated alkanes) is 3. The number of fused-ring (bicyclic) bond motifs is 1. The molecule has 2 heterocycles. The summed E-state index contributed by atoms with van der Waals surface area (Å²) in [6.07, 6.45) is 7.92. The zero-order chi connectivity index (χ0) is 22.0. The molecule has 2 aliphatic rings. The van der Waals surface area contributed by atoms with Gasteiger partial charge in [0.2, 0.25) is 0 Å². The van der Waals surface area contributed by atoms with Gasteiger partial charge in [-0.15, -0.1) is 0 Å². The van der Waals surface area contributed by atoms with Crippen LogP contribution in [0.5, 0.6) is 0 Å². The highest BCUT2D eigenvalue weighted by atomic mass is 16.2. The van der Waals surface area contributed by atoms with Gasteiger partial charge in [0.15, 0.2) is 5.78 Å². The van der Waals surface area contributed by atoms with E-state index in [9.17, 15) is 9.59 Å². The first-order valence-electron chi connectivity index (χ1n) is 11.9. The largest absolute Gasteiger partial charge is 0.330 e. The Bertz CT molecular complexity index is 945. The Hall–Kier alpha value is -2.43. The molecule has 1 aliphatic heterocycles. The van der Waals surface area contributed by atoms with E-state index in [1.54, 1.807) is 0 Å². The van der Waals surface area contributed by atoms with Crippen LogP contribution in [0, 0.1) is 5.41 Å². The van der Waals surface area contributed by atoms with Gasteiger partial charge in [-0.25, -0.2) is 0 Å². The fourth-order valence-corrected chi connectivity index (χ4v) is 5.19. The molecule has 1 atom stereocenters. The molecule has 0 unspecified atom stereocenters. The Morgan fingerprint density at radius 3 is 2.65 bits per heavy atom. The Kier molecular flexibility index (Phi) is 6.31. The summed E-state index contributed by atoms with van der Waals surface area (Å²) in [6, 6.07) is 9.35. The minimum atomic E-state index is -0.108. The lowest BCUT2D eigenvalue weighted by atomic mass is 9.75. The molecule has 5 nitrogen and oxygen atoms in total. The number of likely N-dealkylation sites (tertiary alicyclic amines) is 1. The predicted molar refractivity (Wildman–Crippen MR) is 122 cm³/mol. The summed E-state index contributed by atoms with van der Waals surface area (Å²) in [7, 11) is 0. The number of carbonyl (C=O) groups is 2. The molecule has 1 saturated heterocycles. The number of hydrogen-bond acceptors (Lipinski definition) is 3. The van der Waals surface area contributed by atoms with Gasteiger partial charge in [0.05, 0.1) is 23.0 Å². The van der Waals surface area contributed by atoms with E-state index < -0.39 is 0 Å². The number of aryl methyl sites for hydroxylation is 1. The normalized spacial score (nSPS) is 20.2. The van der Waals surface area contributed by atoms with Crippen LogP contribution in [0.2, 0.25) is 0 Å². The molecule has 1 aliphatic carbocycles. The van der Waals surface area contributed by atoms with Crippen LogP contribution >= 0.6 is 0 Å². The Labute approximate surface area is 185 Å². The van der Waals surface area contributed by atoms with Gasteiger partial charge in [0, 0.05) is 25.1 Å². The molecular weight excluding hydrogens is 386 g/mol. The van der Waals surface area contributed by atoms with Crippen LogP contribution in [0.4, 0.5) is 0 Å². The number of aromatic nitrogens is 2. The molecule has 166 valence electrons. The van der Waals surface area contributed by atoms with E-state index in [4.69, 9.17) is 5.10 Å². The first kappa shape index (κ1) is 21.8. The minimum Gasteiger partial charge on any atom is -0.330 e. The number of carbonyl (C=O) groups excluding carboxylic acids is 2. The third-order valence-electron chi connectivity index (χ3n) is 6.72. The van der Waals surface area contributed by atoms with Gasteiger partial charge in [-0.2, -0.15) is 5.10 Å². The highest BCUT2D eigenvalue weighted by Gasteiger charge is 2.41. The van der Waals surface area contributed by atoms with Gasteiger partial charge in [0.25, 0.3) is 5.91 Å². The van der Waals surface area contributed by atoms with Crippen molar-refractivity contribution in [3.05, 3.63) is 52.8 Å². The second kappa shape index (κ2) is 8.97. The molecule has 0 bridgehead atoms. The number of rotatable bonds is 7. The maximum atomic E-state index is 13.3. The fraction of sp³-hybridized carbons (Fsp3) is 0.577. The van der Waals surface area contributed by atoms with Gasteiger partial charge < -0.3 is 4.90 Å². The van der Waals surface area contributed by atoms with Gasteiger partial charge in [-0.1, -0.05) is 58.2 Å². The number of amides is 1. The molecule has 0 N–H and O–H groups in total. The first-order valence-corrected chi connectivity index (χ1v) is 11.9. The van der Waals surface area contributed by atoms with Crippen LogP contribution < -0.4 is 0 Å². The first-order chi connectivity index (χ1) is 14.9. The summed E-state index contributed by atoms with van der Waals surface area (Å²) in [4.78, 5) is 28.4. The summed E-state index contributed by atoms with van der Waals surface area (Å²) in [5, 5.41) is 5.02. The zero-order valence-corrected chi connectivity index (χ0v) is 19.2. The summed E-state index contributed by atoms with van der Waals surface area (Å²) < 4.78 is 2.10. The summed E-state index contributed by atoms with van der Waals surface area (Å²) >= 11 is 0. The van der Waals surface area contributed by atoms with Crippen molar-refractivity contribution in [2.75, 3.05) is 6.54 Å². The van der Waals surface area contributed by atoms with E-state index in [1.807, 2.05) is 35.2 Å². The third kappa shape index (κ3) is 4.46. The Morgan fingerprint density at radius 1 is 1.13 bits per heavy atom. The zero-order valence-electron chi connectivity index (χ0n) is 19.2. The summed E-state index contributed by atoms with van der Waals surface area (Å²) in [6.45, 7) is 8.13. The van der Waals surface area contributed by atoms with Crippen LogP contribution in [-0.4, -0.2) is 32.9 Å². The standard InChI is InChI=1S/C26H35N3O2/c1-4-5-6-10-16-29-21-17-26(2,3)18-22(30)23(21)24(27-29)20-14-11-15-28(20)25(31)19-12-8-7-9-13-19/h7-9,12-13,20H,4-6,10-11,14-18H2,1-3H3/t20-/m0/s1. The number of nitrogens with zero attached hydrogens (tertiary/aromatic N) is 3. The predicted octanol–water partition coefficient (Wildman–Crippen LogP) is 5.60. The second-order valence-electron chi connectivity index (χ2n) is 9.95. The number of ketones is 1. The molecule has 5 heteroatoms. The third-order valence-corrected chi connectivity index (χ3v) is 6.72. The second-order valence-corrected chi connectivity index (χ2v) is 9.95. The fourth-order valence-electron chi connectivity index (χ4n) is 5.19. The topological polar surface area (TPSA) is 55.2 Å². The highest BCUT2D eigenvalue weighted by molar-refractivity contribution is 6.00. The van der Waals surface area contributed by atoms with Crippen molar-refractivity contribution in [2.24, 2.45) is 5.41 Å². The average Bonchev–Trinajstić information content (AvgIpc) is 3.35. The van der Waals surface area contributed by atoms with Crippen molar-refractivity contribution in [1.29, 1.82) is 0 Å². The van der Waals surface area contributed by atoms with Gasteiger partial charge in [-0.05, 0) is 43.2 Å². The molecule has 0 radical (unpaired) electrons. The van der Waals surface area contributed by atoms with E-state index in [0.29, 0.717) is 12.0 Å². The van der Waals surface area contributed by atoms with E-state index in [2.05, 4.69) is 25.5 Å². The van der Waals surface area contributed by atoms with Crippen molar-refractivity contribution in [1.82, 2.24) is 14.7 Å². The smallest absolute Gasteiger partial charge is 0.254 e. The van der Waals surface area contributed by atoms with E-state index in [-0.39, 0.29) is 23.1 Å². The van der Waals surface area contributed by atoms with Gasteiger partial charge >= 0.3 is 0 Å². The molecule has 4 rings (SSSR count). The van der Waals surface area contributed by atoms with Crippen molar-refractivity contribution in [2.45, 2.75) is 84.7 Å². The Morgan fingerprint density at radius 2 is 1.90 bits per heavy atom. The van der Waals surface area contributed by atoms with Gasteiger partial charge in [-0.3, -0.25) is 14.3 Å². The van der Waals surface area contributed by atoms with Crippen molar-refractivity contribution >= 4 is 11.7 Å². The molecule has 0 spiro atoms. The lowest BCUT2D eigenvalue weighted by Gasteiger charge is -2.30. The van der Waals surface area contributed by atoms with Crippen LogP contribution in [0.3, 0.4) is 0 Å². The van der Waals surface area contributed by atoms with E-state index in [0.717, 1.165) is 55.7 Å². The van der Waals surface area contributed by atoms with Crippen LogP contribution in [0.15, 0.2) is 30.3 Å². The molecule has 2 aromatic rings. The van der Waals surface area contributed by atoms with Crippen molar-refractivity contribution < 1.29 is 9.59 Å². The molecular formula is C26H35N3O2. The molecule has 0 saturated carbocycles. The molecule has 1 aromatic heterocycles. The minimum absolute atomic E-state index is 0.0398. The quantitative estimate of drug-likeness (QED) is 0.547. The maximum absolute atomic E-state index is 13.3. The SMILES string of the molecule is CCCCCCn1nc([C@@H]2CCCN2C(=O)c2ccccc2)c2c1CC(C)(C)CC2=O. The van der Waals surface area contributed by atoms with Crippen molar-refractivity contribution in [3.8, 4) is 0 Å². The van der Waals surface area contributed by atoms with Crippen LogP contribution in [0.1, 0.15) is 104 Å². The van der Waals surface area contributed by atoms with Crippen molar-refractivity contribution in [3.63, 3.8) is 0 Å². The average molecular weight is 422 g/mol. The van der Waals surface area contributed by atoms with Crippen LogP contribution in [0.25, 0.3) is 0 Å². The van der Waals surface area contributed by atoms with Gasteiger partial charge in [0.1, 0.15) is 0 Å². The summed E-state index contributed by atoms with van der Waals surface area (Å²) in [5.41, 5.74) is 3.40. The molecule has 31 heavy (non-hydrogen) atoms. The lowest BCUT2D eigenvalue weighted by Crippen LogP contribution is -2.32. The highest BCUT2D eigenvalue weighted by Crippen LogP contribution is 2.41. The molecule has 1 amide bonds. The Balaban J connectivity index is 1.68. The van der Waals surface area contributed by atoms with E-state index >= 15 is 0 Å². The lowest BCUT2D eigenvalue weighted by molar-refractivity contribution is 0.0728. The monoisotopic (exact) mass is 421 g/mol. The number of hydrogen-bond donors (Lipinski definition) is 0. The maximum Gasteiger partial charge on any atom is 0.254 e. The molecule has 1 fully saturated rings.